The quantitative estimate of drug-likeness (QED) is 0.864. The molecule has 7 heteroatoms. The highest BCUT2D eigenvalue weighted by atomic mass is 16.2. The summed E-state index contributed by atoms with van der Waals surface area (Å²) in [6.07, 6.45) is 1.40. The third-order valence-corrected chi connectivity index (χ3v) is 4.40. The highest BCUT2D eigenvalue weighted by Crippen LogP contribution is 2.21. The molecule has 1 saturated heterocycles. The zero-order valence-electron chi connectivity index (χ0n) is 16.5. The van der Waals surface area contributed by atoms with Gasteiger partial charge in [0.15, 0.2) is 0 Å². The first-order chi connectivity index (χ1) is 12.8. The van der Waals surface area contributed by atoms with E-state index in [2.05, 4.69) is 49.6 Å². The maximum Gasteiger partial charge on any atom is 0.270 e. The molecule has 1 aliphatic heterocycles. The molecule has 7 nitrogen and oxygen atoms in total. The fourth-order valence-corrected chi connectivity index (χ4v) is 2.92. The van der Waals surface area contributed by atoms with E-state index in [-0.39, 0.29) is 11.4 Å². The van der Waals surface area contributed by atoms with Gasteiger partial charge >= 0.3 is 0 Å². The second-order valence-electron chi connectivity index (χ2n) is 7.95. The average molecular weight is 368 g/mol. The van der Waals surface area contributed by atoms with Gasteiger partial charge in [-0.1, -0.05) is 0 Å². The van der Waals surface area contributed by atoms with Crippen molar-refractivity contribution in [2.75, 3.05) is 43.4 Å². The van der Waals surface area contributed by atoms with Crippen LogP contribution in [0.1, 0.15) is 31.3 Å². The van der Waals surface area contributed by atoms with E-state index >= 15 is 0 Å². The summed E-state index contributed by atoms with van der Waals surface area (Å²) in [7, 11) is 2.15. The molecule has 144 valence electrons. The Kier molecular flexibility index (Phi) is 5.60. The van der Waals surface area contributed by atoms with Gasteiger partial charge in [0.1, 0.15) is 17.8 Å². The van der Waals surface area contributed by atoms with Crippen molar-refractivity contribution in [3.05, 3.63) is 42.4 Å². The Morgan fingerprint density at radius 3 is 2.33 bits per heavy atom. The molecular formula is C20H28N6O. The van der Waals surface area contributed by atoms with Gasteiger partial charge in [-0.15, -0.1) is 0 Å². The Labute approximate surface area is 160 Å². The van der Waals surface area contributed by atoms with Crippen LogP contribution in [0.5, 0.6) is 0 Å². The molecule has 0 bridgehead atoms. The molecule has 1 aliphatic rings. The fraction of sp³-hybridized carbons (Fsp3) is 0.450. The van der Waals surface area contributed by atoms with Crippen LogP contribution in [0.15, 0.2) is 36.7 Å². The number of likely N-dealkylation sites (N-methyl/N-ethyl adjacent to an activating group) is 1. The molecule has 0 radical (unpaired) electrons. The van der Waals surface area contributed by atoms with Crippen molar-refractivity contribution in [1.82, 2.24) is 20.2 Å². The van der Waals surface area contributed by atoms with Crippen molar-refractivity contribution in [2.45, 2.75) is 26.3 Å². The van der Waals surface area contributed by atoms with Gasteiger partial charge in [0.25, 0.3) is 5.91 Å². The number of hydrogen-bond donors (Lipinski definition) is 2. The predicted octanol–water partition coefficient (Wildman–Crippen LogP) is 2.50. The normalized spacial score (nSPS) is 15.5. The number of nitrogens with one attached hydrogen (secondary N) is 2. The summed E-state index contributed by atoms with van der Waals surface area (Å²) in [5, 5.41) is 6.15. The molecule has 0 spiro atoms. The molecule has 1 aromatic carbocycles. The molecule has 27 heavy (non-hydrogen) atoms. The topological polar surface area (TPSA) is 73.4 Å². The van der Waals surface area contributed by atoms with Crippen molar-refractivity contribution >= 4 is 23.1 Å². The van der Waals surface area contributed by atoms with Crippen LogP contribution in [-0.4, -0.2) is 59.5 Å². The van der Waals surface area contributed by atoms with Gasteiger partial charge in [0.2, 0.25) is 0 Å². The molecule has 3 rings (SSSR count). The summed E-state index contributed by atoms with van der Waals surface area (Å²) in [6, 6.07) is 9.95. The van der Waals surface area contributed by atoms with Crippen molar-refractivity contribution < 1.29 is 4.79 Å². The summed E-state index contributed by atoms with van der Waals surface area (Å²) in [6.45, 7) is 10.1. The van der Waals surface area contributed by atoms with Gasteiger partial charge in [0.05, 0.1) is 0 Å². The molecule has 0 saturated carbocycles. The Morgan fingerprint density at radius 2 is 1.70 bits per heavy atom. The second-order valence-corrected chi connectivity index (χ2v) is 7.95. The zero-order valence-corrected chi connectivity index (χ0v) is 16.5. The molecule has 2 heterocycles. The van der Waals surface area contributed by atoms with Crippen LogP contribution in [0.2, 0.25) is 0 Å². The fourth-order valence-electron chi connectivity index (χ4n) is 2.92. The predicted molar refractivity (Wildman–Crippen MR) is 109 cm³/mol. The molecule has 2 aromatic rings. The standard InChI is InChI=1S/C20H28N6O/c1-20(2,3)24-19(27)17-13-18(22-14-21-17)23-15-5-7-16(8-6-15)26-11-9-25(4)10-12-26/h5-8,13-14H,9-12H2,1-4H3,(H,24,27)(H,21,22,23). The van der Waals surface area contributed by atoms with Crippen LogP contribution in [0.25, 0.3) is 0 Å². The molecule has 1 fully saturated rings. The lowest BCUT2D eigenvalue weighted by molar-refractivity contribution is 0.0914. The third-order valence-electron chi connectivity index (χ3n) is 4.40. The zero-order chi connectivity index (χ0) is 19.4. The van der Waals surface area contributed by atoms with Crippen LogP contribution in [0.4, 0.5) is 17.2 Å². The highest BCUT2D eigenvalue weighted by Gasteiger charge is 2.17. The maximum absolute atomic E-state index is 12.3. The van der Waals surface area contributed by atoms with Gasteiger partial charge in [-0.3, -0.25) is 4.79 Å². The van der Waals surface area contributed by atoms with Crippen LogP contribution in [0.3, 0.4) is 0 Å². The molecule has 1 aromatic heterocycles. The number of rotatable bonds is 4. The maximum atomic E-state index is 12.3. The number of carbonyl (C=O) groups excluding carboxylic acids is 1. The van der Waals surface area contributed by atoms with E-state index in [1.54, 1.807) is 6.07 Å². The molecule has 2 N–H and O–H groups in total. The Balaban J connectivity index is 1.65. The van der Waals surface area contributed by atoms with E-state index in [1.165, 1.54) is 12.0 Å². The molecule has 0 unspecified atom stereocenters. The summed E-state index contributed by atoms with van der Waals surface area (Å²) >= 11 is 0. The van der Waals surface area contributed by atoms with E-state index in [0.29, 0.717) is 11.5 Å². The van der Waals surface area contributed by atoms with Crippen LogP contribution < -0.4 is 15.5 Å². The lowest BCUT2D eigenvalue weighted by Crippen LogP contribution is -2.44. The Hall–Kier alpha value is -2.67. The largest absolute Gasteiger partial charge is 0.369 e. The molecule has 1 amide bonds. The first-order valence-corrected chi connectivity index (χ1v) is 9.25. The minimum absolute atomic E-state index is 0.210. The number of carbonyl (C=O) groups is 1. The number of hydrogen-bond acceptors (Lipinski definition) is 6. The van der Waals surface area contributed by atoms with E-state index in [1.807, 2.05) is 32.9 Å². The molecule has 0 aliphatic carbocycles. The summed E-state index contributed by atoms with van der Waals surface area (Å²) < 4.78 is 0. The number of aromatic nitrogens is 2. The number of amides is 1. The number of piperazine rings is 1. The number of anilines is 3. The lowest BCUT2D eigenvalue weighted by Gasteiger charge is -2.34. The van der Waals surface area contributed by atoms with Crippen molar-refractivity contribution in [3.8, 4) is 0 Å². The highest BCUT2D eigenvalue weighted by molar-refractivity contribution is 5.93. The summed E-state index contributed by atoms with van der Waals surface area (Å²) in [5.74, 6) is 0.384. The van der Waals surface area contributed by atoms with Gasteiger partial charge in [0, 0.05) is 49.2 Å². The first kappa shape index (κ1) is 19.1. The minimum atomic E-state index is -0.311. The van der Waals surface area contributed by atoms with Gasteiger partial charge < -0.3 is 20.4 Å². The summed E-state index contributed by atoms with van der Waals surface area (Å²) in [4.78, 5) is 25.3. The second kappa shape index (κ2) is 7.92. The monoisotopic (exact) mass is 368 g/mol. The van der Waals surface area contributed by atoms with Gasteiger partial charge in [-0.2, -0.15) is 0 Å². The van der Waals surface area contributed by atoms with Crippen molar-refractivity contribution in [3.63, 3.8) is 0 Å². The lowest BCUT2D eigenvalue weighted by atomic mass is 10.1. The Bertz CT molecular complexity index is 776. The SMILES string of the molecule is CN1CCN(c2ccc(Nc3cc(C(=O)NC(C)(C)C)ncn3)cc2)CC1. The third kappa shape index (κ3) is 5.40. The van der Waals surface area contributed by atoms with E-state index in [0.717, 1.165) is 31.9 Å². The van der Waals surface area contributed by atoms with Crippen molar-refractivity contribution in [1.29, 1.82) is 0 Å². The van der Waals surface area contributed by atoms with Crippen LogP contribution in [0, 0.1) is 0 Å². The molecule has 0 atom stereocenters. The van der Waals surface area contributed by atoms with E-state index in [4.69, 9.17) is 0 Å². The summed E-state index contributed by atoms with van der Waals surface area (Å²) in [5.41, 5.74) is 2.18. The minimum Gasteiger partial charge on any atom is -0.369 e. The van der Waals surface area contributed by atoms with E-state index in [9.17, 15) is 4.79 Å². The number of nitrogens with zero attached hydrogens (tertiary/aromatic N) is 4. The molecular weight excluding hydrogens is 340 g/mol. The Morgan fingerprint density at radius 1 is 1.04 bits per heavy atom. The van der Waals surface area contributed by atoms with Gasteiger partial charge in [-0.05, 0) is 52.1 Å². The first-order valence-electron chi connectivity index (χ1n) is 9.25. The average Bonchev–Trinajstić information content (AvgIpc) is 2.62. The van der Waals surface area contributed by atoms with Crippen LogP contribution >= 0.6 is 0 Å². The van der Waals surface area contributed by atoms with E-state index < -0.39 is 0 Å². The van der Waals surface area contributed by atoms with Crippen molar-refractivity contribution in [2.24, 2.45) is 0 Å². The van der Waals surface area contributed by atoms with Crippen LogP contribution in [-0.2, 0) is 0 Å². The van der Waals surface area contributed by atoms with Gasteiger partial charge in [-0.25, -0.2) is 9.97 Å². The smallest absolute Gasteiger partial charge is 0.270 e. The number of benzene rings is 1.